The van der Waals surface area contributed by atoms with Crippen molar-refractivity contribution < 1.29 is 22.9 Å². The second kappa shape index (κ2) is 8.69. The van der Waals surface area contributed by atoms with Crippen molar-refractivity contribution in [2.45, 2.75) is 51.4 Å². The van der Waals surface area contributed by atoms with Gasteiger partial charge >= 0.3 is 6.18 Å². The number of carbonyl (C=O) groups excluding carboxylic acids is 1. The molecule has 1 N–H and O–H groups in total. The predicted molar refractivity (Wildman–Crippen MR) is 94.2 cm³/mol. The van der Waals surface area contributed by atoms with Crippen LogP contribution in [0, 0.1) is 16.0 Å². The van der Waals surface area contributed by atoms with E-state index in [0.717, 1.165) is 4.90 Å². The molecule has 1 saturated heterocycles. The number of para-hydroxylation sites is 1. The zero-order valence-corrected chi connectivity index (χ0v) is 15.3. The van der Waals surface area contributed by atoms with Crippen molar-refractivity contribution in [1.29, 1.82) is 0 Å². The number of piperidine rings is 1. The fourth-order valence-electron chi connectivity index (χ4n) is 3.34. The first-order chi connectivity index (χ1) is 12.6. The number of nitrogens with one attached hydrogen (secondary N) is 1. The highest BCUT2D eigenvalue weighted by atomic mass is 19.4. The molecule has 1 heterocycles. The number of amides is 1. The summed E-state index contributed by atoms with van der Waals surface area (Å²) < 4.78 is 37.8. The second-order valence-corrected chi connectivity index (χ2v) is 7.09. The highest BCUT2D eigenvalue weighted by Gasteiger charge is 2.37. The van der Waals surface area contributed by atoms with Crippen LogP contribution in [0.15, 0.2) is 24.3 Å². The number of halogens is 3. The molecular formula is C18H24F3N3O3. The van der Waals surface area contributed by atoms with E-state index in [1.165, 1.54) is 6.07 Å². The molecule has 0 bridgehead atoms. The van der Waals surface area contributed by atoms with E-state index in [0.29, 0.717) is 24.8 Å². The lowest BCUT2D eigenvalue weighted by Crippen LogP contribution is -2.55. The first-order valence-corrected chi connectivity index (χ1v) is 8.92. The van der Waals surface area contributed by atoms with Gasteiger partial charge in [0.05, 0.1) is 11.0 Å². The molecule has 3 atom stereocenters. The summed E-state index contributed by atoms with van der Waals surface area (Å²) in [6, 6.07) is 5.61. The molecule has 1 aliphatic rings. The minimum Gasteiger partial charge on any atom is -0.332 e. The molecule has 2 rings (SSSR count). The number of alkyl halides is 3. The highest BCUT2D eigenvalue weighted by molar-refractivity contribution is 5.82. The number of benzene rings is 1. The van der Waals surface area contributed by atoms with E-state index in [9.17, 15) is 28.1 Å². The molecule has 0 spiro atoms. The predicted octanol–water partition coefficient (Wildman–Crippen LogP) is 3.30. The molecule has 0 radical (unpaired) electrons. The van der Waals surface area contributed by atoms with Gasteiger partial charge < -0.3 is 10.2 Å². The average molecular weight is 387 g/mol. The first-order valence-electron chi connectivity index (χ1n) is 8.92. The maximum Gasteiger partial charge on any atom is 0.406 e. The third-order valence-electron chi connectivity index (χ3n) is 4.95. The molecule has 9 heteroatoms. The van der Waals surface area contributed by atoms with Gasteiger partial charge in [0.25, 0.3) is 5.69 Å². The van der Waals surface area contributed by atoms with Gasteiger partial charge in [0.1, 0.15) is 6.54 Å². The number of carbonyl (C=O) groups is 1. The molecule has 6 nitrogen and oxygen atoms in total. The summed E-state index contributed by atoms with van der Waals surface area (Å²) in [5.74, 6) is -0.583. The van der Waals surface area contributed by atoms with E-state index < -0.39 is 29.6 Å². The van der Waals surface area contributed by atoms with Crippen LogP contribution in [-0.4, -0.2) is 47.1 Å². The SMILES string of the molecule is CC(Cc1ccccc1[N+](=O)[O-])C(C)NC1CCCN(CC(F)(F)F)C1=O. The Bertz CT molecular complexity index is 681. The van der Waals surface area contributed by atoms with E-state index in [4.69, 9.17) is 0 Å². The number of hydrogen-bond acceptors (Lipinski definition) is 4. The van der Waals surface area contributed by atoms with Crippen LogP contribution in [-0.2, 0) is 11.2 Å². The average Bonchev–Trinajstić information content (AvgIpc) is 2.57. The van der Waals surface area contributed by atoms with Gasteiger partial charge in [-0.2, -0.15) is 13.2 Å². The van der Waals surface area contributed by atoms with Crippen molar-refractivity contribution in [3.63, 3.8) is 0 Å². The third-order valence-corrected chi connectivity index (χ3v) is 4.95. The Morgan fingerprint density at radius 3 is 2.63 bits per heavy atom. The summed E-state index contributed by atoms with van der Waals surface area (Å²) in [4.78, 5) is 23.9. The molecule has 27 heavy (non-hydrogen) atoms. The summed E-state index contributed by atoms with van der Waals surface area (Å²) in [5, 5.41) is 14.3. The summed E-state index contributed by atoms with van der Waals surface area (Å²) in [6.45, 7) is 2.62. The zero-order valence-electron chi connectivity index (χ0n) is 15.3. The molecule has 1 aromatic rings. The Morgan fingerprint density at radius 1 is 1.33 bits per heavy atom. The van der Waals surface area contributed by atoms with Gasteiger partial charge in [0.2, 0.25) is 5.91 Å². The summed E-state index contributed by atoms with van der Waals surface area (Å²) in [7, 11) is 0. The van der Waals surface area contributed by atoms with Crippen molar-refractivity contribution in [2.24, 2.45) is 5.92 Å². The lowest BCUT2D eigenvalue weighted by Gasteiger charge is -2.35. The van der Waals surface area contributed by atoms with Gasteiger partial charge in [-0.25, -0.2) is 0 Å². The van der Waals surface area contributed by atoms with Crippen LogP contribution in [0.2, 0.25) is 0 Å². The fourth-order valence-corrected chi connectivity index (χ4v) is 3.34. The van der Waals surface area contributed by atoms with Crippen LogP contribution in [0.25, 0.3) is 0 Å². The van der Waals surface area contributed by atoms with Crippen molar-refractivity contribution in [2.75, 3.05) is 13.1 Å². The van der Waals surface area contributed by atoms with E-state index >= 15 is 0 Å². The van der Waals surface area contributed by atoms with Crippen molar-refractivity contribution in [1.82, 2.24) is 10.2 Å². The number of rotatable bonds is 7. The smallest absolute Gasteiger partial charge is 0.332 e. The van der Waals surface area contributed by atoms with Crippen molar-refractivity contribution in [3.8, 4) is 0 Å². The third kappa shape index (κ3) is 5.92. The summed E-state index contributed by atoms with van der Waals surface area (Å²) >= 11 is 0. The lowest BCUT2D eigenvalue weighted by molar-refractivity contribution is -0.385. The molecular weight excluding hydrogens is 363 g/mol. The Hall–Kier alpha value is -2.16. The Balaban J connectivity index is 1.98. The van der Waals surface area contributed by atoms with Crippen LogP contribution in [0.4, 0.5) is 18.9 Å². The number of likely N-dealkylation sites (tertiary alicyclic amines) is 1. The van der Waals surface area contributed by atoms with E-state index in [-0.39, 0.29) is 24.2 Å². The van der Waals surface area contributed by atoms with Crippen molar-refractivity contribution in [3.05, 3.63) is 39.9 Å². The Morgan fingerprint density at radius 2 is 2.00 bits per heavy atom. The monoisotopic (exact) mass is 387 g/mol. The normalized spacial score (nSPS) is 20.4. The number of nitrogens with zero attached hydrogens (tertiary/aromatic N) is 2. The van der Waals surface area contributed by atoms with Gasteiger partial charge in [0.15, 0.2) is 0 Å². The second-order valence-electron chi connectivity index (χ2n) is 7.09. The largest absolute Gasteiger partial charge is 0.406 e. The molecule has 1 aromatic carbocycles. The van der Waals surface area contributed by atoms with Crippen LogP contribution in [0.1, 0.15) is 32.3 Å². The summed E-state index contributed by atoms with van der Waals surface area (Å²) in [5.41, 5.74) is 0.638. The molecule has 1 amide bonds. The zero-order chi connectivity index (χ0) is 20.2. The topological polar surface area (TPSA) is 75.5 Å². The number of nitro groups is 1. The molecule has 0 saturated carbocycles. The maximum atomic E-state index is 12.6. The minimum absolute atomic E-state index is 0.0432. The van der Waals surface area contributed by atoms with Gasteiger partial charge in [0, 0.05) is 24.2 Å². The van der Waals surface area contributed by atoms with Crippen molar-refractivity contribution >= 4 is 11.6 Å². The number of nitro benzene ring substituents is 1. The molecule has 3 unspecified atom stereocenters. The van der Waals surface area contributed by atoms with Crippen LogP contribution in [0.3, 0.4) is 0 Å². The van der Waals surface area contributed by atoms with E-state index in [2.05, 4.69) is 5.32 Å². The van der Waals surface area contributed by atoms with E-state index in [1.807, 2.05) is 13.8 Å². The maximum absolute atomic E-state index is 12.6. The van der Waals surface area contributed by atoms with Gasteiger partial charge in [-0.15, -0.1) is 0 Å². The lowest BCUT2D eigenvalue weighted by atomic mass is 9.92. The molecule has 1 aliphatic heterocycles. The van der Waals surface area contributed by atoms with Gasteiger partial charge in [-0.3, -0.25) is 14.9 Å². The number of hydrogen-bond donors (Lipinski definition) is 1. The Labute approximate surface area is 155 Å². The molecule has 0 aromatic heterocycles. The minimum atomic E-state index is -4.41. The highest BCUT2D eigenvalue weighted by Crippen LogP contribution is 2.24. The van der Waals surface area contributed by atoms with E-state index in [1.54, 1.807) is 18.2 Å². The fraction of sp³-hybridized carbons (Fsp3) is 0.611. The van der Waals surface area contributed by atoms with Crippen LogP contribution >= 0.6 is 0 Å². The van der Waals surface area contributed by atoms with Crippen LogP contribution in [0.5, 0.6) is 0 Å². The standard InChI is InChI=1S/C18H24F3N3O3/c1-12(10-14-6-3-4-8-16(14)24(26)27)13(2)22-15-7-5-9-23(17(15)25)11-18(19,20)21/h3-4,6,8,12-13,15,22H,5,7,9-11H2,1-2H3. The first kappa shape index (κ1) is 21.1. The molecule has 150 valence electrons. The van der Waals surface area contributed by atoms with Gasteiger partial charge in [-0.05, 0) is 32.1 Å². The Kier molecular flexibility index (Phi) is 6.80. The van der Waals surface area contributed by atoms with Crippen LogP contribution < -0.4 is 5.32 Å². The quantitative estimate of drug-likeness (QED) is 0.575. The molecule has 0 aliphatic carbocycles. The summed E-state index contributed by atoms with van der Waals surface area (Å²) in [6.07, 6.45) is -3.00. The van der Waals surface area contributed by atoms with Gasteiger partial charge in [-0.1, -0.05) is 25.1 Å². The molecule has 1 fully saturated rings.